The first-order valence-corrected chi connectivity index (χ1v) is 10.5. The molecule has 2 saturated carbocycles. The number of benzene rings is 1. The predicted octanol–water partition coefficient (Wildman–Crippen LogP) is 2.88. The number of imidazole rings is 1. The van der Waals surface area contributed by atoms with Crippen molar-refractivity contribution in [3.63, 3.8) is 0 Å². The second-order valence-corrected chi connectivity index (χ2v) is 8.18. The van der Waals surface area contributed by atoms with Crippen molar-refractivity contribution < 1.29 is 19.0 Å². The SMILES string of the molecule is C[C@@H](CO[C@H]1CC[C@H](Oc2nc3ccc(OC4CC4)cc3n2C)CC1)NC(N)=O. The molecule has 158 valence electrons. The van der Waals surface area contributed by atoms with Crippen LogP contribution in [0.1, 0.15) is 45.4 Å². The van der Waals surface area contributed by atoms with Crippen LogP contribution in [-0.2, 0) is 11.8 Å². The van der Waals surface area contributed by atoms with Gasteiger partial charge in [-0.3, -0.25) is 4.57 Å². The molecule has 0 radical (unpaired) electrons. The van der Waals surface area contributed by atoms with E-state index in [1.807, 2.05) is 36.7 Å². The van der Waals surface area contributed by atoms with Crippen LogP contribution in [0.3, 0.4) is 0 Å². The number of amides is 2. The molecule has 2 amide bonds. The number of fused-ring (bicyclic) bond motifs is 1. The second kappa shape index (κ2) is 8.49. The van der Waals surface area contributed by atoms with Crippen LogP contribution >= 0.6 is 0 Å². The first kappa shape index (κ1) is 19.8. The summed E-state index contributed by atoms with van der Waals surface area (Å²) in [6.45, 7) is 2.35. The van der Waals surface area contributed by atoms with Crippen LogP contribution in [0.4, 0.5) is 4.79 Å². The van der Waals surface area contributed by atoms with Crippen LogP contribution in [0.5, 0.6) is 11.8 Å². The lowest BCUT2D eigenvalue weighted by Gasteiger charge is -2.29. The van der Waals surface area contributed by atoms with Crippen LogP contribution in [-0.4, -0.2) is 46.5 Å². The van der Waals surface area contributed by atoms with Crippen molar-refractivity contribution in [1.82, 2.24) is 14.9 Å². The number of aryl methyl sites for hydroxylation is 1. The molecule has 0 spiro atoms. The molecule has 1 aromatic carbocycles. The molecule has 0 unspecified atom stereocenters. The smallest absolute Gasteiger partial charge is 0.312 e. The van der Waals surface area contributed by atoms with E-state index in [-0.39, 0.29) is 18.2 Å². The lowest BCUT2D eigenvalue weighted by Crippen LogP contribution is -2.40. The van der Waals surface area contributed by atoms with Gasteiger partial charge >= 0.3 is 6.03 Å². The standard InChI is InChI=1S/C21H30N4O4/c1-13(23-20(22)26)12-27-14-3-5-16(6-4-14)29-21-24-18-10-9-17(28-15-7-8-15)11-19(18)25(21)2/h9-11,13-16H,3-8,12H2,1-2H3,(H3,22,23,26)/t13-,14-,16-/m0/s1. The number of nitrogens with two attached hydrogens (primary N) is 1. The number of urea groups is 1. The Morgan fingerprint density at radius 1 is 1.17 bits per heavy atom. The van der Waals surface area contributed by atoms with Crippen molar-refractivity contribution in [2.24, 2.45) is 12.8 Å². The summed E-state index contributed by atoms with van der Waals surface area (Å²) in [7, 11) is 1.98. The average Bonchev–Trinajstić information content (AvgIpc) is 3.45. The van der Waals surface area contributed by atoms with Crippen LogP contribution < -0.4 is 20.5 Å². The minimum Gasteiger partial charge on any atom is -0.490 e. The normalized spacial score (nSPS) is 23.0. The molecule has 2 aliphatic carbocycles. The number of primary amides is 1. The van der Waals surface area contributed by atoms with Crippen LogP contribution in [0.25, 0.3) is 11.0 Å². The molecule has 4 rings (SSSR count). The topological polar surface area (TPSA) is 101 Å². The van der Waals surface area contributed by atoms with Crippen molar-refractivity contribution in [3.8, 4) is 11.8 Å². The first-order valence-electron chi connectivity index (χ1n) is 10.5. The van der Waals surface area contributed by atoms with Crippen LogP contribution in [0.15, 0.2) is 18.2 Å². The number of hydrogen-bond donors (Lipinski definition) is 2. The van der Waals surface area contributed by atoms with Gasteiger partial charge in [-0.1, -0.05) is 0 Å². The van der Waals surface area contributed by atoms with Gasteiger partial charge in [-0.05, 0) is 57.6 Å². The van der Waals surface area contributed by atoms with Gasteiger partial charge in [0, 0.05) is 13.1 Å². The van der Waals surface area contributed by atoms with E-state index in [2.05, 4.69) is 10.3 Å². The van der Waals surface area contributed by atoms with E-state index in [1.54, 1.807) is 0 Å². The highest BCUT2D eigenvalue weighted by Gasteiger charge is 2.26. The Kier molecular flexibility index (Phi) is 5.80. The molecular formula is C21H30N4O4. The minimum absolute atomic E-state index is 0.0877. The van der Waals surface area contributed by atoms with E-state index in [1.165, 1.54) is 0 Å². The summed E-state index contributed by atoms with van der Waals surface area (Å²) in [4.78, 5) is 15.5. The maximum absolute atomic E-state index is 10.9. The predicted molar refractivity (Wildman–Crippen MR) is 109 cm³/mol. The number of aromatic nitrogens is 2. The van der Waals surface area contributed by atoms with Crippen molar-refractivity contribution in [1.29, 1.82) is 0 Å². The van der Waals surface area contributed by atoms with Crippen LogP contribution in [0, 0.1) is 0 Å². The lowest BCUT2D eigenvalue weighted by molar-refractivity contribution is -0.00549. The van der Waals surface area contributed by atoms with Gasteiger partial charge in [-0.25, -0.2) is 4.79 Å². The van der Waals surface area contributed by atoms with Gasteiger partial charge in [0.25, 0.3) is 6.01 Å². The third kappa shape index (κ3) is 5.12. The summed E-state index contributed by atoms with van der Waals surface area (Å²) in [5, 5.41) is 2.63. The molecule has 2 aromatic rings. The summed E-state index contributed by atoms with van der Waals surface area (Å²) < 4.78 is 20.0. The summed E-state index contributed by atoms with van der Waals surface area (Å²) in [5.41, 5.74) is 7.06. The average molecular weight is 402 g/mol. The van der Waals surface area contributed by atoms with E-state index >= 15 is 0 Å². The highest BCUT2D eigenvalue weighted by molar-refractivity contribution is 5.78. The number of carbonyl (C=O) groups is 1. The van der Waals surface area contributed by atoms with E-state index in [9.17, 15) is 4.79 Å². The Morgan fingerprint density at radius 3 is 2.52 bits per heavy atom. The fourth-order valence-corrected chi connectivity index (χ4v) is 3.74. The molecule has 29 heavy (non-hydrogen) atoms. The number of ether oxygens (including phenoxy) is 3. The summed E-state index contributed by atoms with van der Waals surface area (Å²) >= 11 is 0. The van der Waals surface area contributed by atoms with E-state index in [4.69, 9.17) is 19.9 Å². The Bertz CT molecular complexity index is 856. The maximum atomic E-state index is 10.9. The zero-order valence-electron chi connectivity index (χ0n) is 17.1. The number of hydrogen-bond acceptors (Lipinski definition) is 5. The number of carbonyl (C=O) groups excluding carboxylic acids is 1. The first-order chi connectivity index (χ1) is 14.0. The molecular weight excluding hydrogens is 372 g/mol. The summed E-state index contributed by atoms with van der Waals surface area (Å²) in [5.74, 6) is 0.896. The third-order valence-corrected chi connectivity index (χ3v) is 5.50. The largest absolute Gasteiger partial charge is 0.490 e. The fourth-order valence-electron chi connectivity index (χ4n) is 3.74. The lowest BCUT2D eigenvalue weighted by atomic mass is 9.95. The highest BCUT2D eigenvalue weighted by atomic mass is 16.5. The quantitative estimate of drug-likeness (QED) is 0.707. The minimum atomic E-state index is -0.521. The molecule has 1 heterocycles. The Hall–Kier alpha value is -2.48. The Morgan fingerprint density at radius 2 is 1.83 bits per heavy atom. The van der Waals surface area contributed by atoms with Gasteiger partial charge in [0.2, 0.25) is 0 Å². The molecule has 1 aromatic heterocycles. The number of nitrogens with one attached hydrogen (secondary N) is 1. The third-order valence-electron chi connectivity index (χ3n) is 5.50. The number of rotatable bonds is 8. The second-order valence-electron chi connectivity index (χ2n) is 8.18. The summed E-state index contributed by atoms with van der Waals surface area (Å²) in [6, 6.07) is 6.05. The Labute approximate surface area is 170 Å². The Balaban J connectivity index is 1.29. The monoisotopic (exact) mass is 402 g/mol. The molecule has 0 saturated heterocycles. The molecule has 8 nitrogen and oxygen atoms in total. The van der Waals surface area contributed by atoms with Crippen molar-refractivity contribution in [2.45, 2.75) is 69.8 Å². The van der Waals surface area contributed by atoms with E-state index < -0.39 is 6.03 Å². The molecule has 2 fully saturated rings. The van der Waals surface area contributed by atoms with E-state index in [0.29, 0.717) is 18.7 Å². The zero-order valence-corrected chi connectivity index (χ0v) is 17.1. The van der Waals surface area contributed by atoms with Crippen molar-refractivity contribution in [2.75, 3.05) is 6.61 Å². The van der Waals surface area contributed by atoms with Crippen molar-refractivity contribution in [3.05, 3.63) is 18.2 Å². The van der Waals surface area contributed by atoms with Gasteiger partial charge in [0.05, 0.1) is 35.9 Å². The fraction of sp³-hybridized carbons (Fsp3) is 0.619. The molecule has 0 aliphatic heterocycles. The zero-order chi connectivity index (χ0) is 20.4. The summed E-state index contributed by atoms with van der Waals surface area (Å²) in [6.07, 6.45) is 6.68. The molecule has 8 heteroatoms. The van der Waals surface area contributed by atoms with E-state index in [0.717, 1.165) is 55.3 Å². The van der Waals surface area contributed by atoms with Gasteiger partial charge < -0.3 is 25.3 Å². The molecule has 1 atom stereocenters. The molecule has 2 aliphatic rings. The van der Waals surface area contributed by atoms with Gasteiger partial charge in [-0.15, -0.1) is 0 Å². The van der Waals surface area contributed by atoms with Gasteiger partial charge in [-0.2, -0.15) is 4.98 Å². The van der Waals surface area contributed by atoms with Crippen LogP contribution in [0.2, 0.25) is 0 Å². The highest BCUT2D eigenvalue weighted by Crippen LogP contribution is 2.31. The maximum Gasteiger partial charge on any atom is 0.312 e. The molecule has 0 bridgehead atoms. The van der Waals surface area contributed by atoms with Crippen molar-refractivity contribution >= 4 is 17.1 Å². The molecule has 3 N–H and O–H groups in total. The number of nitrogens with zero attached hydrogens (tertiary/aromatic N) is 2. The van der Waals surface area contributed by atoms with Gasteiger partial charge in [0.15, 0.2) is 0 Å². The van der Waals surface area contributed by atoms with Gasteiger partial charge in [0.1, 0.15) is 11.9 Å².